The number of nitrogens with zero attached hydrogens (tertiary/aromatic N) is 5. The Kier molecular flexibility index (Phi) is 6.96. The number of aryl methyl sites for hydroxylation is 1. The molecule has 0 fully saturated rings. The molecule has 1 aliphatic rings. The van der Waals surface area contributed by atoms with E-state index in [9.17, 15) is 13.4 Å². The number of oxazole rings is 1. The molecule has 0 saturated carbocycles. The number of fused-ring (bicyclic) bond motifs is 2. The molecule has 0 aliphatic carbocycles. The predicted octanol–water partition coefficient (Wildman–Crippen LogP) is 5.25. The minimum atomic E-state index is -1.84. The third-order valence-electron chi connectivity index (χ3n) is 6.96. The number of nitrogens with one attached hydrogen (secondary N) is 2. The number of aromatic nitrogens is 4. The summed E-state index contributed by atoms with van der Waals surface area (Å²) in [5.41, 5.74) is 4.35. The quantitative estimate of drug-likeness (QED) is 0.246. The van der Waals surface area contributed by atoms with Crippen LogP contribution in [0.25, 0.3) is 10.9 Å². The van der Waals surface area contributed by atoms with Gasteiger partial charge in [0.15, 0.2) is 16.0 Å². The maximum absolute atomic E-state index is 13.9. The molecule has 0 amide bonds. The van der Waals surface area contributed by atoms with Crippen LogP contribution in [0, 0.1) is 12.7 Å². The Hall–Kier alpha value is -4.29. The molecule has 10 nitrogen and oxygen atoms in total. The Bertz CT molecular complexity index is 1880. The monoisotopic (exact) mass is 593 g/mol. The molecule has 1 aliphatic heterocycles. The van der Waals surface area contributed by atoms with Crippen LogP contribution in [0.5, 0.6) is 0 Å². The highest BCUT2D eigenvalue weighted by Gasteiger charge is 2.25. The van der Waals surface area contributed by atoms with Gasteiger partial charge in [-0.1, -0.05) is 23.7 Å². The van der Waals surface area contributed by atoms with Crippen molar-refractivity contribution in [3.8, 4) is 0 Å². The van der Waals surface area contributed by atoms with E-state index in [0.717, 1.165) is 22.3 Å². The molecule has 41 heavy (non-hydrogen) atoms. The lowest BCUT2D eigenvalue weighted by atomic mass is 10.0. The largest absolute Gasteiger partial charge is 0.432 e. The molecule has 3 aromatic heterocycles. The van der Waals surface area contributed by atoms with Crippen molar-refractivity contribution in [1.82, 2.24) is 19.5 Å². The molecule has 2 unspecified atom stereocenters. The van der Waals surface area contributed by atoms with Gasteiger partial charge in [-0.25, -0.2) is 23.6 Å². The molecule has 2 atom stereocenters. The van der Waals surface area contributed by atoms with Crippen molar-refractivity contribution >= 4 is 51.1 Å². The third-order valence-corrected chi connectivity index (χ3v) is 8.19. The smallest absolute Gasteiger partial charge is 0.306 e. The molecule has 2 aromatic carbocycles. The summed E-state index contributed by atoms with van der Waals surface area (Å²) in [6, 6.07) is 11.5. The number of hydrogen-bond donors (Lipinski definition) is 2. The third kappa shape index (κ3) is 5.16. The highest BCUT2D eigenvalue weighted by molar-refractivity contribution is 7.86. The van der Waals surface area contributed by atoms with E-state index >= 15 is 0 Å². The van der Waals surface area contributed by atoms with Gasteiger partial charge in [0.1, 0.15) is 17.2 Å². The first-order valence-corrected chi connectivity index (χ1v) is 14.2. The van der Waals surface area contributed by atoms with E-state index < -0.39 is 11.0 Å². The van der Waals surface area contributed by atoms with Crippen molar-refractivity contribution < 1.29 is 13.0 Å². The summed E-state index contributed by atoms with van der Waals surface area (Å²) >= 11 is 6.14. The highest BCUT2D eigenvalue weighted by Crippen LogP contribution is 2.32. The van der Waals surface area contributed by atoms with Gasteiger partial charge in [-0.05, 0) is 60.9 Å². The van der Waals surface area contributed by atoms with Gasteiger partial charge >= 0.3 is 6.01 Å². The standard InChI is InChI=1S/C28H25ClFN7O3S/c1-15-10-20(16(2)32-22-6-7-23(29)33-25(22)41(39)35-27-31-8-9-40-27)24-21(11-15)26(38)36(3)28(34-24)37-13-17-4-5-19(30)12-18(17)14-37/h4-12,16,32H,13-14H2,1-3H3,(H,31,35). The molecule has 0 radical (unpaired) electrons. The zero-order chi connectivity index (χ0) is 28.8. The fraction of sp³-hybridized carbons (Fsp3) is 0.214. The molecule has 6 rings (SSSR count). The van der Waals surface area contributed by atoms with E-state index in [0.29, 0.717) is 35.6 Å². The number of hydrogen-bond acceptors (Lipinski definition) is 8. The lowest BCUT2D eigenvalue weighted by Gasteiger charge is -2.23. The number of halogens is 2. The summed E-state index contributed by atoms with van der Waals surface area (Å²) in [4.78, 5) is 28.7. The van der Waals surface area contributed by atoms with E-state index in [1.807, 2.05) is 30.9 Å². The summed E-state index contributed by atoms with van der Waals surface area (Å²) in [5.74, 6) is 0.192. The summed E-state index contributed by atoms with van der Waals surface area (Å²) in [7, 11) is -0.145. The van der Waals surface area contributed by atoms with Crippen LogP contribution >= 0.6 is 11.6 Å². The lowest BCUT2D eigenvalue weighted by molar-refractivity contribution is 0.579. The molecule has 0 spiro atoms. The first-order chi connectivity index (χ1) is 19.7. The van der Waals surface area contributed by atoms with Crippen LogP contribution in [-0.2, 0) is 31.1 Å². The Balaban J connectivity index is 1.38. The van der Waals surface area contributed by atoms with Crippen LogP contribution in [0.1, 0.15) is 35.2 Å². The van der Waals surface area contributed by atoms with Gasteiger partial charge in [0.25, 0.3) is 5.56 Å². The Morgan fingerprint density at radius 3 is 2.71 bits per heavy atom. The number of pyridine rings is 1. The van der Waals surface area contributed by atoms with Crippen molar-refractivity contribution in [3.63, 3.8) is 0 Å². The molecular weight excluding hydrogens is 569 g/mol. The zero-order valence-corrected chi connectivity index (χ0v) is 23.9. The van der Waals surface area contributed by atoms with Crippen LogP contribution in [-0.4, -0.2) is 23.7 Å². The summed E-state index contributed by atoms with van der Waals surface area (Å²) in [6.45, 7) is 4.79. The molecule has 4 heterocycles. The molecule has 0 saturated heterocycles. The normalized spacial score (nSPS) is 14.2. The van der Waals surface area contributed by atoms with E-state index in [2.05, 4.69) is 20.0 Å². The second-order valence-electron chi connectivity index (χ2n) is 9.86. The van der Waals surface area contributed by atoms with Gasteiger partial charge in [-0.15, -0.1) is 0 Å². The molecule has 210 valence electrons. The lowest BCUT2D eigenvalue weighted by Crippen LogP contribution is -2.28. The maximum Gasteiger partial charge on any atom is 0.306 e. The SMILES string of the molecule is Cc1cc(C(C)Nc2ccc(Cl)nc2S(=O)Nc2ncco2)c2nc(N3Cc4ccc(F)cc4C3)n(C)c(=O)c2c1. The minimum Gasteiger partial charge on any atom is -0.432 e. The van der Waals surface area contributed by atoms with Crippen LogP contribution < -0.4 is 20.5 Å². The number of rotatable bonds is 7. The van der Waals surface area contributed by atoms with Gasteiger partial charge in [0.2, 0.25) is 5.95 Å². The Labute approximate surface area is 241 Å². The molecule has 13 heteroatoms. The van der Waals surface area contributed by atoms with E-state index in [4.69, 9.17) is 21.0 Å². The first kappa shape index (κ1) is 26.9. The summed E-state index contributed by atoms with van der Waals surface area (Å²) < 4.78 is 36.3. The van der Waals surface area contributed by atoms with Crippen LogP contribution in [0.2, 0.25) is 5.15 Å². The van der Waals surface area contributed by atoms with Crippen LogP contribution in [0.3, 0.4) is 0 Å². The molecular formula is C28H25ClFN7O3S. The Morgan fingerprint density at radius 1 is 1.12 bits per heavy atom. The Morgan fingerprint density at radius 2 is 1.93 bits per heavy atom. The van der Waals surface area contributed by atoms with Crippen LogP contribution in [0.4, 0.5) is 22.0 Å². The minimum absolute atomic E-state index is 0.0770. The van der Waals surface area contributed by atoms with Crippen molar-refractivity contribution in [2.75, 3.05) is 14.9 Å². The summed E-state index contributed by atoms with van der Waals surface area (Å²) in [6.07, 6.45) is 2.79. The average molecular weight is 594 g/mol. The summed E-state index contributed by atoms with van der Waals surface area (Å²) in [5, 5.41) is 4.17. The van der Waals surface area contributed by atoms with Crippen molar-refractivity contribution in [1.29, 1.82) is 0 Å². The van der Waals surface area contributed by atoms with Gasteiger partial charge in [-0.3, -0.25) is 14.1 Å². The van der Waals surface area contributed by atoms with Crippen molar-refractivity contribution in [3.05, 3.63) is 98.5 Å². The molecule has 5 aromatic rings. The fourth-order valence-electron chi connectivity index (χ4n) is 5.04. The van der Waals surface area contributed by atoms with E-state index in [-0.39, 0.29) is 33.6 Å². The first-order valence-electron chi connectivity index (χ1n) is 12.7. The predicted molar refractivity (Wildman–Crippen MR) is 156 cm³/mol. The molecule has 0 bridgehead atoms. The highest BCUT2D eigenvalue weighted by atomic mass is 35.5. The fourth-order valence-corrected chi connectivity index (χ4v) is 6.10. The topological polar surface area (TPSA) is 118 Å². The van der Waals surface area contributed by atoms with Crippen molar-refractivity contribution in [2.24, 2.45) is 7.05 Å². The van der Waals surface area contributed by atoms with Gasteiger partial charge in [0.05, 0.1) is 28.8 Å². The number of anilines is 3. The van der Waals surface area contributed by atoms with Gasteiger partial charge < -0.3 is 14.6 Å². The average Bonchev–Trinajstić information content (AvgIpc) is 3.61. The maximum atomic E-state index is 13.9. The number of benzene rings is 2. The second-order valence-corrected chi connectivity index (χ2v) is 11.4. The van der Waals surface area contributed by atoms with Gasteiger partial charge in [0, 0.05) is 25.7 Å². The van der Waals surface area contributed by atoms with Gasteiger partial charge in [-0.2, -0.15) is 0 Å². The zero-order valence-electron chi connectivity index (χ0n) is 22.3. The van der Waals surface area contributed by atoms with E-state index in [1.54, 1.807) is 25.2 Å². The second kappa shape index (κ2) is 10.6. The van der Waals surface area contributed by atoms with E-state index in [1.165, 1.54) is 29.2 Å². The van der Waals surface area contributed by atoms with Crippen LogP contribution in [0.15, 0.2) is 69.2 Å². The molecule has 2 N–H and O–H groups in total. The van der Waals surface area contributed by atoms with Crippen molar-refractivity contribution in [2.45, 2.75) is 38.0 Å².